The van der Waals surface area contributed by atoms with Crippen LogP contribution >= 0.6 is 22.9 Å². The van der Waals surface area contributed by atoms with Gasteiger partial charge in [-0.1, -0.05) is 18.5 Å². The Morgan fingerprint density at radius 2 is 2.06 bits per heavy atom. The fourth-order valence-corrected chi connectivity index (χ4v) is 5.11. The molecule has 0 saturated heterocycles. The van der Waals surface area contributed by atoms with E-state index in [2.05, 4.69) is 37.5 Å². The summed E-state index contributed by atoms with van der Waals surface area (Å²) in [6, 6.07) is 7.65. The van der Waals surface area contributed by atoms with Crippen molar-refractivity contribution in [2.75, 3.05) is 4.90 Å². The molecular weight excluding hydrogens is 446 g/mol. The van der Waals surface area contributed by atoms with Crippen molar-refractivity contribution in [3.05, 3.63) is 70.0 Å². The standard InChI is InChI=1S/C21H18ClN9S/c1-2-15-20-29-26-11-30(20)16-10-24-18(14-9-25-28-17(14)21-23-7-8-32-21)27-19(16)31(15)13-5-3-12(22)4-6-13/h3-11,14-15,17,28H,2H2,1H3/t14?,15-,17?/m0/s1. The highest BCUT2D eigenvalue weighted by atomic mass is 35.5. The van der Waals surface area contributed by atoms with Gasteiger partial charge in [-0.25, -0.2) is 15.0 Å². The Labute approximate surface area is 192 Å². The normalized spacial score (nSPS) is 21.3. The lowest BCUT2D eigenvalue weighted by Gasteiger charge is -2.37. The van der Waals surface area contributed by atoms with E-state index in [1.807, 2.05) is 46.6 Å². The molecule has 0 fully saturated rings. The lowest BCUT2D eigenvalue weighted by Crippen LogP contribution is -2.33. The molecule has 0 radical (unpaired) electrons. The molecule has 1 N–H and O–H groups in total. The summed E-state index contributed by atoms with van der Waals surface area (Å²) in [5.74, 6) is 2.22. The van der Waals surface area contributed by atoms with Gasteiger partial charge in [-0.3, -0.25) is 9.99 Å². The maximum absolute atomic E-state index is 6.16. The van der Waals surface area contributed by atoms with Gasteiger partial charge in [-0.2, -0.15) is 5.10 Å². The Kier molecular flexibility index (Phi) is 4.62. The van der Waals surface area contributed by atoms with Gasteiger partial charge < -0.3 is 4.90 Å². The van der Waals surface area contributed by atoms with E-state index < -0.39 is 0 Å². The monoisotopic (exact) mass is 463 g/mol. The van der Waals surface area contributed by atoms with Crippen LogP contribution in [0.1, 0.15) is 48.0 Å². The van der Waals surface area contributed by atoms with E-state index in [0.29, 0.717) is 10.8 Å². The first kappa shape index (κ1) is 19.3. The number of fused-ring (bicyclic) bond motifs is 3. The predicted octanol–water partition coefficient (Wildman–Crippen LogP) is 4.18. The van der Waals surface area contributed by atoms with Crippen LogP contribution < -0.4 is 10.3 Å². The zero-order chi connectivity index (χ0) is 21.7. The number of nitrogens with zero attached hydrogens (tertiary/aromatic N) is 8. The highest BCUT2D eigenvalue weighted by Crippen LogP contribution is 2.44. The minimum Gasteiger partial charge on any atom is -0.314 e. The van der Waals surface area contributed by atoms with Crippen LogP contribution in [0.3, 0.4) is 0 Å². The van der Waals surface area contributed by atoms with E-state index in [1.54, 1.807) is 23.9 Å². The molecule has 2 aliphatic rings. The SMILES string of the molecule is CC[C@H]1c2nncn2-c2cnc(C3C=NNC3c3nccs3)nc2N1c1ccc(Cl)cc1. The summed E-state index contributed by atoms with van der Waals surface area (Å²) in [6.07, 6.45) is 8.03. The summed E-state index contributed by atoms with van der Waals surface area (Å²) in [5.41, 5.74) is 4.97. The van der Waals surface area contributed by atoms with E-state index in [1.165, 1.54) is 0 Å². The molecular formula is C21H18ClN9S. The van der Waals surface area contributed by atoms with Crippen LogP contribution in [0, 0.1) is 0 Å². The predicted molar refractivity (Wildman–Crippen MR) is 123 cm³/mol. The van der Waals surface area contributed by atoms with Crippen LogP contribution in [0.4, 0.5) is 11.5 Å². The van der Waals surface area contributed by atoms with Crippen molar-refractivity contribution in [1.29, 1.82) is 0 Å². The molecule has 1 aromatic carbocycles. The van der Waals surface area contributed by atoms with E-state index >= 15 is 0 Å². The topological polar surface area (TPSA) is 97.0 Å². The number of hydrazone groups is 1. The number of nitrogens with one attached hydrogen (secondary N) is 1. The molecule has 6 rings (SSSR count). The highest BCUT2D eigenvalue weighted by molar-refractivity contribution is 7.09. The Morgan fingerprint density at radius 3 is 2.84 bits per heavy atom. The van der Waals surface area contributed by atoms with Gasteiger partial charge in [0.2, 0.25) is 0 Å². The van der Waals surface area contributed by atoms with Crippen molar-refractivity contribution in [3.8, 4) is 5.69 Å². The van der Waals surface area contributed by atoms with Gasteiger partial charge >= 0.3 is 0 Å². The third-order valence-corrected chi connectivity index (χ3v) is 6.87. The molecule has 2 aliphatic heterocycles. The van der Waals surface area contributed by atoms with Crippen molar-refractivity contribution in [3.63, 3.8) is 0 Å². The quantitative estimate of drug-likeness (QED) is 0.484. The van der Waals surface area contributed by atoms with Crippen LogP contribution in [0.25, 0.3) is 5.69 Å². The molecule has 5 heterocycles. The first-order valence-electron chi connectivity index (χ1n) is 10.2. The largest absolute Gasteiger partial charge is 0.314 e. The molecule has 2 unspecified atom stereocenters. The number of hydrogen-bond acceptors (Lipinski definition) is 9. The van der Waals surface area contributed by atoms with Crippen LogP contribution in [0.2, 0.25) is 5.02 Å². The average molecular weight is 464 g/mol. The third-order valence-electron chi connectivity index (χ3n) is 5.76. The third kappa shape index (κ3) is 2.98. The number of anilines is 2. The minimum atomic E-state index is -0.124. The summed E-state index contributed by atoms with van der Waals surface area (Å²) >= 11 is 7.75. The van der Waals surface area contributed by atoms with Crippen LogP contribution in [0.15, 0.2) is 53.5 Å². The van der Waals surface area contributed by atoms with Crippen molar-refractivity contribution >= 4 is 40.7 Å². The van der Waals surface area contributed by atoms with Gasteiger partial charge in [-0.05, 0) is 30.7 Å². The lowest BCUT2D eigenvalue weighted by molar-refractivity contribution is 0.549. The van der Waals surface area contributed by atoms with Crippen molar-refractivity contribution in [2.45, 2.75) is 31.3 Å². The highest BCUT2D eigenvalue weighted by Gasteiger charge is 2.37. The van der Waals surface area contributed by atoms with E-state index in [0.717, 1.165) is 34.4 Å². The zero-order valence-corrected chi connectivity index (χ0v) is 18.6. The smallest absolute Gasteiger partial charge is 0.161 e. The zero-order valence-electron chi connectivity index (χ0n) is 17.0. The Balaban J connectivity index is 1.50. The van der Waals surface area contributed by atoms with E-state index in [4.69, 9.17) is 21.6 Å². The molecule has 9 nitrogen and oxygen atoms in total. The summed E-state index contributed by atoms with van der Waals surface area (Å²) < 4.78 is 1.97. The molecule has 11 heteroatoms. The van der Waals surface area contributed by atoms with Gasteiger partial charge in [0.25, 0.3) is 0 Å². The Morgan fingerprint density at radius 1 is 1.19 bits per heavy atom. The molecule has 160 valence electrons. The summed E-state index contributed by atoms with van der Waals surface area (Å²) in [6.45, 7) is 2.13. The maximum atomic E-state index is 6.16. The second-order valence-electron chi connectivity index (χ2n) is 7.55. The summed E-state index contributed by atoms with van der Waals surface area (Å²) in [7, 11) is 0. The molecule has 3 atom stereocenters. The fourth-order valence-electron chi connectivity index (χ4n) is 4.26. The molecule has 0 amide bonds. The molecule has 4 aromatic rings. The van der Waals surface area contributed by atoms with Crippen molar-refractivity contribution in [2.24, 2.45) is 5.10 Å². The van der Waals surface area contributed by atoms with Gasteiger partial charge in [0, 0.05) is 28.5 Å². The fraction of sp³-hybridized carbons (Fsp3) is 0.238. The van der Waals surface area contributed by atoms with Gasteiger partial charge in [0.05, 0.1) is 18.2 Å². The average Bonchev–Trinajstić information content (AvgIpc) is 3.59. The maximum Gasteiger partial charge on any atom is 0.161 e. The van der Waals surface area contributed by atoms with Crippen molar-refractivity contribution < 1.29 is 0 Å². The first-order valence-corrected chi connectivity index (χ1v) is 11.5. The number of benzene rings is 1. The molecule has 3 aromatic heterocycles. The van der Waals surface area contributed by atoms with Crippen LogP contribution in [-0.4, -0.2) is 35.9 Å². The first-order chi connectivity index (χ1) is 15.7. The number of halogens is 1. The van der Waals surface area contributed by atoms with E-state index in [-0.39, 0.29) is 18.0 Å². The number of thiazole rings is 1. The molecule has 0 saturated carbocycles. The van der Waals surface area contributed by atoms with Crippen molar-refractivity contribution in [1.82, 2.24) is 35.1 Å². The van der Waals surface area contributed by atoms with Crippen LogP contribution in [-0.2, 0) is 0 Å². The summed E-state index contributed by atoms with van der Waals surface area (Å²) in [5, 5.41) is 16.5. The number of aromatic nitrogens is 6. The van der Waals surface area contributed by atoms with E-state index in [9.17, 15) is 0 Å². The molecule has 0 aliphatic carbocycles. The minimum absolute atomic E-state index is 0.0287. The molecule has 0 spiro atoms. The van der Waals surface area contributed by atoms with Gasteiger partial charge in [-0.15, -0.1) is 21.5 Å². The molecule has 32 heavy (non-hydrogen) atoms. The second kappa shape index (κ2) is 7.64. The lowest BCUT2D eigenvalue weighted by atomic mass is 10.0. The number of rotatable bonds is 4. The Hall–Kier alpha value is -3.37. The molecule has 0 bridgehead atoms. The van der Waals surface area contributed by atoms with Gasteiger partial charge in [0.1, 0.15) is 28.9 Å². The Bertz CT molecular complexity index is 1290. The van der Waals surface area contributed by atoms with Gasteiger partial charge in [0.15, 0.2) is 11.6 Å². The van der Waals surface area contributed by atoms with Crippen LogP contribution in [0.5, 0.6) is 0 Å². The second-order valence-corrected chi connectivity index (χ2v) is 8.91. The number of hydrogen-bond donors (Lipinski definition) is 1. The summed E-state index contributed by atoms with van der Waals surface area (Å²) in [4.78, 5) is 16.4.